The molecular formula is C10H14O5. The zero-order chi connectivity index (χ0) is 12.0. The van der Waals surface area contributed by atoms with Crippen LogP contribution in [0.25, 0.3) is 0 Å². The SMILES string of the molecule is C=C(C)C(=O)OOC(=O)C(CC)C(C)=O. The predicted octanol–water partition coefficient (Wildman–Crippen LogP) is 1.18. The van der Waals surface area contributed by atoms with Gasteiger partial charge in [-0.3, -0.25) is 4.79 Å². The summed E-state index contributed by atoms with van der Waals surface area (Å²) in [7, 11) is 0. The molecule has 0 N–H and O–H groups in total. The van der Waals surface area contributed by atoms with E-state index in [9.17, 15) is 14.4 Å². The highest BCUT2D eigenvalue weighted by atomic mass is 17.2. The molecule has 0 aromatic rings. The monoisotopic (exact) mass is 214 g/mol. The van der Waals surface area contributed by atoms with Crippen molar-refractivity contribution in [3.05, 3.63) is 12.2 Å². The Balaban J connectivity index is 4.19. The van der Waals surface area contributed by atoms with Crippen molar-refractivity contribution in [2.45, 2.75) is 27.2 Å². The Morgan fingerprint density at radius 2 is 1.73 bits per heavy atom. The Kier molecular flexibility index (Phi) is 5.30. The van der Waals surface area contributed by atoms with Crippen molar-refractivity contribution < 1.29 is 24.2 Å². The summed E-state index contributed by atoms with van der Waals surface area (Å²) in [5.74, 6) is -2.90. The summed E-state index contributed by atoms with van der Waals surface area (Å²) < 4.78 is 0. The first kappa shape index (κ1) is 13.4. The average Bonchev–Trinajstić information content (AvgIpc) is 2.14. The number of hydrogen-bond acceptors (Lipinski definition) is 5. The van der Waals surface area contributed by atoms with Gasteiger partial charge in [-0.2, -0.15) is 0 Å². The molecule has 1 unspecified atom stereocenters. The third-order valence-corrected chi connectivity index (χ3v) is 1.73. The van der Waals surface area contributed by atoms with Crippen LogP contribution in [0, 0.1) is 5.92 Å². The molecular weight excluding hydrogens is 200 g/mol. The second kappa shape index (κ2) is 5.95. The van der Waals surface area contributed by atoms with Crippen molar-refractivity contribution in [1.29, 1.82) is 0 Å². The van der Waals surface area contributed by atoms with Crippen molar-refractivity contribution in [2.75, 3.05) is 0 Å². The van der Waals surface area contributed by atoms with Gasteiger partial charge in [0.25, 0.3) is 0 Å². The summed E-state index contributed by atoms with van der Waals surface area (Å²) in [6.45, 7) is 7.65. The van der Waals surface area contributed by atoms with Crippen LogP contribution in [0.1, 0.15) is 27.2 Å². The van der Waals surface area contributed by atoms with Gasteiger partial charge in [-0.25, -0.2) is 19.4 Å². The van der Waals surface area contributed by atoms with Gasteiger partial charge in [0.05, 0.1) is 0 Å². The van der Waals surface area contributed by atoms with Gasteiger partial charge in [0.15, 0.2) is 0 Å². The Bertz CT molecular complexity index is 292. The van der Waals surface area contributed by atoms with Crippen LogP contribution in [0.5, 0.6) is 0 Å². The van der Waals surface area contributed by atoms with Crippen LogP contribution < -0.4 is 0 Å². The second-order valence-corrected chi connectivity index (χ2v) is 3.12. The standard InChI is InChI=1S/C10H14O5/c1-5-8(7(4)11)10(13)15-14-9(12)6(2)3/h8H,2,5H2,1,3-4H3. The fourth-order valence-electron chi connectivity index (χ4n) is 0.828. The van der Waals surface area contributed by atoms with Gasteiger partial charge in [0, 0.05) is 5.57 Å². The van der Waals surface area contributed by atoms with E-state index in [0.717, 1.165) is 0 Å². The quantitative estimate of drug-likeness (QED) is 0.304. The van der Waals surface area contributed by atoms with E-state index >= 15 is 0 Å². The minimum absolute atomic E-state index is 0.110. The molecule has 0 aromatic heterocycles. The lowest BCUT2D eigenvalue weighted by molar-refractivity contribution is -0.258. The number of hydrogen-bond donors (Lipinski definition) is 0. The van der Waals surface area contributed by atoms with Crippen molar-refractivity contribution >= 4 is 17.7 Å². The van der Waals surface area contributed by atoms with Gasteiger partial charge in [-0.15, -0.1) is 0 Å². The first-order chi connectivity index (χ1) is 6.90. The summed E-state index contributed by atoms with van der Waals surface area (Å²) in [4.78, 5) is 41.3. The van der Waals surface area contributed by atoms with Crippen LogP contribution in [0.3, 0.4) is 0 Å². The fourth-order valence-corrected chi connectivity index (χ4v) is 0.828. The van der Waals surface area contributed by atoms with Crippen molar-refractivity contribution in [3.8, 4) is 0 Å². The Hall–Kier alpha value is -1.65. The summed E-state index contributed by atoms with van der Waals surface area (Å²) in [6.07, 6.45) is 0.304. The molecule has 1 atom stereocenters. The lowest BCUT2D eigenvalue weighted by Gasteiger charge is -2.08. The molecule has 0 amide bonds. The smallest absolute Gasteiger partial charge is 0.299 e. The van der Waals surface area contributed by atoms with Crippen LogP contribution in [0.4, 0.5) is 0 Å². The fraction of sp³-hybridized carbons (Fsp3) is 0.500. The van der Waals surface area contributed by atoms with Crippen molar-refractivity contribution in [3.63, 3.8) is 0 Å². The molecule has 0 heterocycles. The molecule has 0 aliphatic rings. The molecule has 5 nitrogen and oxygen atoms in total. The van der Waals surface area contributed by atoms with E-state index in [1.807, 2.05) is 0 Å². The Morgan fingerprint density at radius 3 is 2.07 bits per heavy atom. The first-order valence-electron chi connectivity index (χ1n) is 4.48. The van der Waals surface area contributed by atoms with Crippen LogP contribution in [0.15, 0.2) is 12.2 Å². The molecule has 0 fully saturated rings. The van der Waals surface area contributed by atoms with Crippen LogP contribution in [-0.2, 0) is 24.2 Å². The first-order valence-corrected chi connectivity index (χ1v) is 4.48. The molecule has 0 saturated carbocycles. The maximum Gasteiger partial charge on any atom is 0.381 e. The predicted molar refractivity (Wildman–Crippen MR) is 51.5 cm³/mol. The second-order valence-electron chi connectivity index (χ2n) is 3.12. The molecule has 0 spiro atoms. The van der Waals surface area contributed by atoms with E-state index in [1.54, 1.807) is 6.92 Å². The summed E-state index contributed by atoms with van der Waals surface area (Å²) in [6, 6.07) is 0. The molecule has 0 rings (SSSR count). The van der Waals surface area contributed by atoms with Gasteiger partial charge < -0.3 is 0 Å². The maximum atomic E-state index is 11.2. The normalized spacial score (nSPS) is 11.4. The molecule has 0 radical (unpaired) electrons. The van der Waals surface area contributed by atoms with E-state index in [1.165, 1.54) is 13.8 Å². The minimum Gasteiger partial charge on any atom is -0.299 e. The van der Waals surface area contributed by atoms with E-state index in [0.29, 0.717) is 6.42 Å². The van der Waals surface area contributed by atoms with Crippen molar-refractivity contribution in [1.82, 2.24) is 0 Å². The highest BCUT2D eigenvalue weighted by Crippen LogP contribution is 2.07. The summed E-state index contributed by atoms with van der Waals surface area (Å²) in [5.41, 5.74) is 0.110. The van der Waals surface area contributed by atoms with E-state index in [2.05, 4.69) is 16.4 Å². The largest absolute Gasteiger partial charge is 0.381 e. The number of carbonyl (C=O) groups excluding carboxylic acids is 3. The summed E-state index contributed by atoms with van der Waals surface area (Å²) in [5, 5.41) is 0. The van der Waals surface area contributed by atoms with Crippen LogP contribution in [0.2, 0.25) is 0 Å². The maximum absolute atomic E-state index is 11.2. The lowest BCUT2D eigenvalue weighted by Crippen LogP contribution is -2.24. The van der Waals surface area contributed by atoms with E-state index in [4.69, 9.17) is 0 Å². The van der Waals surface area contributed by atoms with Gasteiger partial charge in [-0.05, 0) is 20.3 Å². The topological polar surface area (TPSA) is 69.7 Å². The van der Waals surface area contributed by atoms with Crippen LogP contribution >= 0.6 is 0 Å². The highest BCUT2D eigenvalue weighted by Gasteiger charge is 2.25. The number of rotatable bonds is 4. The zero-order valence-corrected chi connectivity index (χ0v) is 9.03. The summed E-state index contributed by atoms with van der Waals surface area (Å²) >= 11 is 0. The molecule has 0 aliphatic heterocycles. The number of ketones is 1. The number of carbonyl (C=O) groups is 3. The van der Waals surface area contributed by atoms with E-state index in [-0.39, 0.29) is 11.4 Å². The van der Waals surface area contributed by atoms with Gasteiger partial charge >= 0.3 is 11.9 Å². The lowest BCUT2D eigenvalue weighted by atomic mass is 10.0. The van der Waals surface area contributed by atoms with Gasteiger partial charge in [-0.1, -0.05) is 13.5 Å². The molecule has 15 heavy (non-hydrogen) atoms. The van der Waals surface area contributed by atoms with Crippen LogP contribution in [-0.4, -0.2) is 17.7 Å². The Labute approximate surface area is 88.0 Å². The van der Waals surface area contributed by atoms with Gasteiger partial charge in [0.1, 0.15) is 11.7 Å². The van der Waals surface area contributed by atoms with E-state index < -0.39 is 17.9 Å². The minimum atomic E-state index is -0.886. The third kappa shape index (κ3) is 4.39. The molecule has 0 aromatic carbocycles. The molecule has 0 bridgehead atoms. The molecule has 5 heteroatoms. The Morgan fingerprint density at radius 1 is 1.20 bits per heavy atom. The zero-order valence-electron chi connectivity index (χ0n) is 9.03. The molecule has 84 valence electrons. The molecule has 0 aliphatic carbocycles. The highest BCUT2D eigenvalue weighted by molar-refractivity contribution is 5.97. The van der Waals surface area contributed by atoms with Gasteiger partial charge in [0.2, 0.25) is 0 Å². The molecule has 0 saturated heterocycles. The van der Waals surface area contributed by atoms with Crippen molar-refractivity contribution in [2.24, 2.45) is 5.92 Å². The average molecular weight is 214 g/mol. The third-order valence-electron chi connectivity index (χ3n) is 1.73. The number of Topliss-reactive ketones (excluding diaryl/α,β-unsaturated/α-hetero) is 1.